The molecular formula is C17H12BrFN2O2S. The average molecular weight is 407 g/mol. The quantitative estimate of drug-likeness (QED) is 0.747. The summed E-state index contributed by atoms with van der Waals surface area (Å²) >= 11 is 4.22. The lowest BCUT2D eigenvalue weighted by atomic mass is 10.2. The smallest absolute Gasteiger partial charge is 0.295 e. The molecule has 0 spiro atoms. The number of nitrogens with zero attached hydrogens (tertiary/aromatic N) is 1. The van der Waals surface area contributed by atoms with E-state index in [9.17, 15) is 14.0 Å². The molecule has 1 aliphatic heterocycles. The van der Waals surface area contributed by atoms with Crippen molar-refractivity contribution in [2.24, 2.45) is 0 Å². The molecule has 0 aliphatic carbocycles. The molecule has 0 aromatic heterocycles. The summed E-state index contributed by atoms with van der Waals surface area (Å²) in [6, 6.07) is 13.2. The Morgan fingerprint density at radius 2 is 1.75 bits per heavy atom. The van der Waals surface area contributed by atoms with Crippen molar-refractivity contribution in [3.8, 4) is 0 Å². The Morgan fingerprint density at radius 1 is 1.08 bits per heavy atom. The Kier molecular flexibility index (Phi) is 5.01. The summed E-state index contributed by atoms with van der Waals surface area (Å²) in [6.45, 7) is 0.0903. The van der Waals surface area contributed by atoms with Gasteiger partial charge in [0.05, 0.1) is 11.6 Å². The van der Waals surface area contributed by atoms with Crippen LogP contribution < -0.4 is 5.32 Å². The molecule has 0 bridgehead atoms. The zero-order valence-electron chi connectivity index (χ0n) is 12.3. The summed E-state index contributed by atoms with van der Waals surface area (Å²) in [5.74, 6) is -0.710. The molecule has 0 saturated carbocycles. The number of anilines is 1. The molecule has 0 unspecified atom stereocenters. The number of nitrogens with one attached hydrogen (secondary N) is 1. The first kappa shape index (κ1) is 16.7. The van der Waals surface area contributed by atoms with Crippen molar-refractivity contribution in [2.75, 3.05) is 12.0 Å². The van der Waals surface area contributed by atoms with E-state index in [0.717, 1.165) is 26.8 Å². The third-order valence-electron chi connectivity index (χ3n) is 3.33. The van der Waals surface area contributed by atoms with Crippen LogP contribution in [0.5, 0.6) is 0 Å². The molecule has 1 saturated heterocycles. The van der Waals surface area contributed by atoms with Crippen LogP contribution in [0.3, 0.4) is 0 Å². The van der Waals surface area contributed by atoms with E-state index in [4.69, 9.17) is 0 Å². The minimum Gasteiger partial charge on any atom is -0.367 e. The van der Waals surface area contributed by atoms with Gasteiger partial charge in [-0.3, -0.25) is 14.5 Å². The summed E-state index contributed by atoms with van der Waals surface area (Å²) in [4.78, 5) is 25.9. The van der Waals surface area contributed by atoms with Crippen molar-refractivity contribution in [1.29, 1.82) is 0 Å². The van der Waals surface area contributed by atoms with Crippen LogP contribution >= 0.6 is 27.7 Å². The van der Waals surface area contributed by atoms with Gasteiger partial charge < -0.3 is 5.32 Å². The van der Waals surface area contributed by atoms with Crippen molar-refractivity contribution < 1.29 is 14.0 Å². The largest absolute Gasteiger partial charge is 0.367 e. The monoisotopic (exact) mass is 406 g/mol. The van der Waals surface area contributed by atoms with Crippen LogP contribution in [0.4, 0.5) is 14.9 Å². The number of imide groups is 1. The number of rotatable bonds is 4. The molecule has 0 atom stereocenters. The zero-order chi connectivity index (χ0) is 17.1. The molecule has 2 aromatic rings. The number of thioether (sulfide) groups is 1. The zero-order valence-corrected chi connectivity index (χ0v) is 14.7. The molecule has 2 amide bonds. The summed E-state index contributed by atoms with van der Waals surface area (Å²) < 4.78 is 13.9. The van der Waals surface area contributed by atoms with Gasteiger partial charge in [-0.1, -0.05) is 28.1 Å². The predicted molar refractivity (Wildman–Crippen MR) is 96.8 cm³/mol. The molecule has 1 fully saturated rings. The molecule has 1 heterocycles. The van der Waals surface area contributed by atoms with E-state index in [0.29, 0.717) is 10.5 Å². The molecule has 3 rings (SSSR count). The number of carbonyl (C=O) groups is 2. The van der Waals surface area contributed by atoms with Gasteiger partial charge in [-0.15, -0.1) is 0 Å². The highest BCUT2D eigenvalue weighted by atomic mass is 79.9. The lowest BCUT2D eigenvalue weighted by molar-refractivity contribution is -0.122. The Morgan fingerprint density at radius 3 is 2.42 bits per heavy atom. The fourth-order valence-corrected chi connectivity index (χ4v) is 3.19. The van der Waals surface area contributed by atoms with Crippen LogP contribution in [-0.4, -0.2) is 22.7 Å². The van der Waals surface area contributed by atoms with Crippen LogP contribution in [0.1, 0.15) is 5.56 Å². The first-order valence-corrected chi connectivity index (χ1v) is 8.64. The summed E-state index contributed by atoms with van der Waals surface area (Å²) in [5, 5.41) is 2.70. The summed E-state index contributed by atoms with van der Waals surface area (Å²) in [5.41, 5.74) is 1.47. The molecule has 4 nitrogen and oxygen atoms in total. The number of amides is 2. The second kappa shape index (κ2) is 7.19. The lowest BCUT2D eigenvalue weighted by Crippen LogP contribution is -2.33. The third-order valence-corrected chi connectivity index (χ3v) is 4.76. The van der Waals surface area contributed by atoms with Crippen molar-refractivity contribution >= 4 is 50.6 Å². The second-order valence-electron chi connectivity index (χ2n) is 5.00. The minimum absolute atomic E-state index is 0.0903. The van der Waals surface area contributed by atoms with E-state index in [2.05, 4.69) is 21.2 Å². The minimum atomic E-state index is -0.362. The molecule has 0 radical (unpaired) electrons. The van der Waals surface area contributed by atoms with Crippen LogP contribution in [0.25, 0.3) is 6.08 Å². The Labute approximate surface area is 150 Å². The van der Waals surface area contributed by atoms with Crippen LogP contribution in [0.15, 0.2) is 57.9 Å². The summed E-state index contributed by atoms with van der Waals surface area (Å²) in [6.07, 6.45) is 1.59. The molecule has 1 N–H and O–H groups in total. The van der Waals surface area contributed by atoms with Gasteiger partial charge in [-0.25, -0.2) is 4.39 Å². The maximum atomic E-state index is 12.9. The normalized spacial score (nSPS) is 16.1. The SMILES string of the molecule is O=C1SC(=Cc2ccc(F)cc2)C(=O)N1CNc1ccc(Br)cc1. The number of benzene rings is 2. The fraction of sp³-hybridized carbons (Fsp3) is 0.0588. The van der Waals surface area contributed by atoms with E-state index < -0.39 is 0 Å². The number of hydrogen-bond donors (Lipinski definition) is 1. The van der Waals surface area contributed by atoms with Crippen molar-refractivity contribution in [3.63, 3.8) is 0 Å². The van der Waals surface area contributed by atoms with Gasteiger partial charge in [0.25, 0.3) is 11.1 Å². The van der Waals surface area contributed by atoms with Gasteiger partial charge in [0.1, 0.15) is 5.82 Å². The van der Waals surface area contributed by atoms with Gasteiger partial charge in [0.15, 0.2) is 0 Å². The predicted octanol–water partition coefficient (Wildman–Crippen LogP) is 4.69. The van der Waals surface area contributed by atoms with E-state index in [-0.39, 0.29) is 23.6 Å². The maximum absolute atomic E-state index is 12.9. The standard InChI is InChI=1S/C17H12BrFN2O2S/c18-12-3-7-14(8-4-12)20-10-21-16(22)15(24-17(21)23)9-11-1-5-13(19)6-2-11/h1-9,20H,10H2. The third kappa shape index (κ3) is 3.85. The van der Waals surface area contributed by atoms with Crippen LogP contribution in [0, 0.1) is 5.82 Å². The molecular weight excluding hydrogens is 395 g/mol. The van der Waals surface area contributed by atoms with E-state index >= 15 is 0 Å². The molecule has 24 heavy (non-hydrogen) atoms. The first-order chi connectivity index (χ1) is 11.5. The Hall–Kier alpha value is -2.12. The van der Waals surface area contributed by atoms with Crippen LogP contribution in [-0.2, 0) is 4.79 Å². The van der Waals surface area contributed by atoms with Gasteiger partial charge in [-0.2, -0.15) is 0 Å². The fourth-order valence-electron chi connectivity index (χ4n) is 2.08. The van der Waals surface area contributed by atoms with Crippen LogP contribution in [0.2, 0.25) is 0 Å². The number of halogens is 2. The van der Waals surface area contributed by atoms with Crippen molar-refractivity contribution in [1.82, 2.24) is 4.90 Å². The summed E-state index contributed by atoms with van der Waals surface area (Å²) in [7, 11) is 0. The number of carbonyl (C=O) groups excluding carboxylic acids is 2. The second-order valence-corrected chi connectivity index (χ2v) is 6.91. The van der Waals surface area contributed by atoms with E-state index in [1.165, 1.54) is 12.1 Å². The molecule has 2 aromatic carbocycles. The van der Waals surface area contributed by atoms with Crippen molar-refractivity contribution in [2.45, 2.75) is 0 Å². The highest BCUT2D eigenvalue weighted by molar-refractivity contribution is 9.10. The average Bonchev–Trinajstić information content (AvgIpc) is 2.83. The van der Waals surface area contributed by atoms with Crippen molar-refractivity contribution in [3.05, 3.63) is 69.3 Å². The highest BCUT2D eigenvalue weighted by Gasteiger charge is 2.34. The molecule has 7 heteroatoms. The highest BCUT2D eigenvalue weighted by Crippen LogP contribution is 2.32. The topological polar surface area (TPSA) is 49.4 Å². The molecule has 1 aliphatic rings. The lowest BCUT2D eigenvalue weighted by Gasteiger charge is -2.14. The number of hydrogen-bond acceptors (Lipinski definition) is 4. The van der Waals surface area contributed by atoms with E-state index in [1.54, 1.807) is 18.2 Å². The Bertz CT molecular complexity index is 806. The van der Waals surface area contributed by atoms with Gasteiger partial charge in [-0.05, 0) is 59.8 Å². The Balaban J connectivity index is 1.69. The molecule has 122 valence electrons. The maximum Gasteiger partial charge on any atom is 0.295 e. The van der Waals surface area contributed by atoms with Gasteiger partial charge >= 0.3 is 0 Å². The van der Waals surface area contributed by atoms with Gasteiger partial charge in [0.2, 0.25) is 0 Å². The van der Waals surface area contributed by atoms with E-state index in [1.807, 2.05) is 24.3 Å². The van der Waals surface area contributed by atoms with Gasteiger partial charge in [0, 0.05) is 10.2 Å². The first-order valence-electron chi connectivity index (χ1n) is 7.03.